The lowest BCUT2D eigenvalue weighted by Crippen LogP contribution is -2.41. The molecule has 0 aromatic carbocycles. The zero-order valence-electron chi connectivity index (χ0n) is 18.2. The standard InChI is InChI=1S/C22H38Cl4O3/c1-4-6-7-8-9-10-11-12-13-14-15-16-17-19(22(25,26)18(3)27)20(28)29-21(23,24)5-2/h19H,4-17H2,1-3H3. The molecule has 0 aliphatic carbocycles. The molecule has 0 bridgehead atoms. The van der Waals surface area contributed by atoms with Crippen molar-refractivity contribution in [2.75, 3.05) is 0 Å². The molecule has 172 valence electrons. The molecule has 0 aliphatic heterocycles. The predicted molar refractivity (Wildman–Crippen MR) is 125 cm³/mol. The van der Waals surface area contributed by atoms with E-state index in [2.05, 4.69) is 6.92 Å². The summed E-state index contributed by atoms with van der Waals surface area (Å²) in [5.74, 6) is -2.22. The zero-order valence-corrected chi connectivity index (χ0v) is 21.2. The molecule has 0 rings (SSSR count). The number of ketones is 1. The molecule has 29 heavy (non-hydrogen) atoms. The number of ether oxygens (including phenoxy) is 1. The molecule has 7 heteroatoms. The number of carbonyl (C=O) groups is 2. The first kappa shape index (κ1) is 29.3. The fourth-order valence-corrected chi connectivity index (χ4v) is 3.72. The van der Waals surface area contributed by atoms with E-state index in [9.17, 15) is 9.59 Å². The van der Waals surface area contributed by atoms with Crippen molar-refractivity contribution in [2.24, 2.45) is 5.92 Å². The highest BCUT2D eigenvalue weighted by atomic mass is 35.5. The molecular formula is C22H38Cl4O3. The number of esters is 1. The third-order valence-corrected chi connectivity index (χ3v) is 6.95. The van der Waals surface area contributed by atoms with Gasteiger partial charge in [0.2, 0.25) is 0 Å². The van der Waals surface area contributed by atoms with Gasteiger partial charge < -0.3 is 4.74 Å². The van der Waals surface area contributed by atoms with E-state index in [1.807, 2.05) is 0 Å². The molecular weight excluding hydrogens is 454 g/mol. The van der Waals surface area contributed by atoms with E-state index in [0.29, 0.717) is 6.42 Å². The lowest BCUT2D eigenvalue weighted by molar-refractivity contribution is -0.154. The van der Waals surface area contributed by atoms with Gasteiger partial charge in [-0.05, 0) is 13.3 Å². The van der Waals surface area contributed by atoms with Crippen molar-refractivity contribution in [3.63, 3.8) is 0 Å². The third-order valence-electron chi connectivity index (χ3n) is 5.20. The van der Waals surface area contributed by atoms with Gasteiger partial charge in [-0.1, -0.05) is 137 Å². The number of halogens is 4. The fourth-order valence-electron chi connectivity index (χ4n) is 3.17. The summed E-state index contributed by atoms with van der Waals surface area (Å²) in [6.07, 6.45) is 15.0. The molecule has 0 aromatic rings. The van der Waals surface area contributed by atoms with Crippen molar-refractivity contribution in [1.29, 1.82) is 0 Å². The van der Waals surface area contributed by atoms with Gasteiger partial charge in [0.25, 0.3) is 4.52 Å². The van der Waals surface area contributed by atoms with Gasteiger partial charge in [-0.25, -0.2) is 0 Å². The van der Waals surface area contributed by atoms with E-state index in [1.54, 1.807) is 6.92 Å². The van der Waals surface area contributed by atoms with E-state index < -0.39 is 26.5 Å². The van der Waals surface area contributed by atoms with Crippen LogP contribution in [0.3, 0.4) is 0 Å². The van der Waals surface area contributed by atoms with Crippen LogP contribution in [0.15, 0.2) is 0 Å². The molecule has 0 fully saturated rings. The highest BCUT2D eigenvalue weighted by Crippen LogP contribution is 2.38. The summed E-state index contributed by atoms with van der Waals surface area (Å²) in [5.41, 5.74) is 0. The quantitative estimate of drug-likeness (QED) is 0.109. The van der Waals surface area contributed by atoms with Crippen LogP contribution in [0.5, 0.6) is 0 Å². The van der Waals surface area contributed by atoms with Crippen LogP contribution in [0.2, 0.25) is 0 Å². The normalized spacial score (nSPS) is 13.3. The van der Waals surface area contributed by atoms with Crippen molar-refractivity contribution in [2.45, 2.75) is 120 Å². The second-order valence-electron chi connectivity index (χ2n) is 7.82. The Kier molecular flexibility index (Phi) is 16.2. The molecule has 0 aromatic heterocycles. The van der Waals surface area contributed by atoms with Crippen LogP contribution in [0.4, 0.5) is 0 Å². The van der Waals surface area contributed by atoms with Crippen molar-refractivity contribution < 1.29 is 14.3 Å². The van der Waals surface area contributed by atoms with Gasteiger partial charge in [0.15, 0.2) is 10.1 Å². The SMILES string of the molecule is CCCCCCCCCCCCCCC(C(=O)OC(Cl)(Cl)CC)C(Cl)(Cl)C(C)=O. The summed E-state index contributed by atoms with van der Waals surface area (Å²) in [6.45, 7) is 5.18. The van der Waals surface area contributed by atoms with E-state index in [1.165, 1.54) is 64.7 Å². The average Bonchev–Trinajstić information content (AvgIpc) is 2.64. The van der Waals surface area contributed by atoms with Gasteiger partial charge in [-0.3, -0.25) is 9.59 Å². The maximum absolute atomic E-state index is 12.5. The van der Waals surface area contributed by atoms with E-state index >= 15 is 0 Å². The number of hydrogen-bond acceptors (Lipinski definition) is 3. The van der Waals surface area contributed by atoms with Crippen molar-refractivity contribution in [3.8, 4) is 0 Å². The summed E-state index contributed by atoms with van der Waals surface area (Å²) in [6, 6.07) is 0. The molecule has 0 aliphatic rings. The van der Waals surface area contributed by atoms with Gasteiger partial charge in [0.1, 0.15) is 0 Å². The van der Waals surface area contributed by atoms with Crippen LogP contribution in [0.1, 0.15) is 111 Å². The largest absolute Gasteiger partial charge is 0.428 e. The summed E-state index contributed by atoms with van der Waals surface area (Å²) in [5, 5.41) is 0. The smallest absolute Gasteiger partial charge is 0.315 e. The first-order valence-corrected chi connectivity index (χ1v) is 12.6. The van der Waals surface area contributed by atoms with Crippen LogP contribution >= 0.6 is 46.4 Å². The Labute approximate surface area is 197 Å². The number of hydrogen-bond donors (Lipinski definition) is 0. The lowest BCUT2D eigenvalue weighted by Gasteiger charge is -2.28. The Morgan fingerprint density at radius 3 is 1.55 bits per heavy atom. The second-order valence-corrected chi connectivity index (χ2v) is 10.6. The van der Waals surface area contributed by atoms with E-state index in [4.69, 9.17) is 51.1 Å². The van der Waals surface area contributed by atoms with Crippen molar-refractivity contribution in [3.05, 3.63) is 0 Å². The Bertz CT molecular complexity index is 467. The number of unbranched alkanes of at least 4 members (excludes halogenated alkanes) is 11. The number of Topliss-reactive ketones (excluding diaryl/α,β-unsaturated/α-hetero) is 1. The zero-order chi connectivity index (χ0) is 22.3. The summed E-state index contributed by atoms with van der Waals surface area (Å²) in [4.78, 5) is 24.3. The van der Waals surface area contributed by atoms with Crippen LogP contribution in [-0.4, -0.2) is 20.6 Å². The highest BCUT2D eigenvalue weighted by molar-refractivity contribution is 6.59. The number of rotatable bonds is 18. The molecule has 0 radical (unpaired) electrons. The molecule has 0 saturated carbocycles. The summed E-state index contributed by atoms with van der Waals surface area (Å²) < 4.78 is 1.63. The number of alkyl halides is 4. The van der Waals surface area contributed by atoms with E-state index in [-0.39, 0.29) is 6.42 Å². The Morgan fingerprint density at radius 1 is 0.759 bits per heavy atom. The minimum absolute atomic E-state index is 0.213. The van der Waals surface area contributed by atoms with Gasteiger partial charge in [0, 0.05) is 6.42 Å². The predicted octanol–water partition coefficient (Wildman–Crippen LogP) is 8.54. The van der Waals surface area contributed by atoms with Gasteiger partial charge in [-0.15, -0.1) is 0 Å². The summed E-state index contributed by atoms with van der Waals surface area (Å²) >= 11 is 24.2. The van der Waals surface area contributed by atoms with Gasteiger partial charge in [-0.2, -0.15) is 0 Å². The molecule has 3 nitrogen and oxygen atoms in total. The second kappa shape index (κ2) is 16.0. The molecule has 0 saturated heterocycles. The van der Waals surface area contributed by atoms with Gasteiger partial charge in [0.05, 0.1) is 5.92 Å². The number of carbonyl (C=O) groups excluding carboxylic acids is 2. The first-order valence-electron chi connectivity index (χ1n) is 11.1. The Hall–Kier alpha value is 0.300. The van der Waals surface area contributed by atoms with Crippen LogP contribution in [0, 0.1) is 5.92 Å². The lowest BCUT2D eigenvalue weighted by atomic mass is 9.94. The topological polar surface area (TPSA) is 43.4 Å². The highest BCUT2D eigenvalue weighted by Gasteiger charge is 2.46. The molecule has 0 amide bonds. The van der Waals surface area contributed by atoms with E-state index in [0.717, 1.165) is 19.3 Å². The molecule has 1 atom stereocenters. The fraction of sp³-hybridized carbons (Fsp3) is 0.909. The van der Waals surface area contributed by atoms with Crippen LogP contribution in [-0.2, 0) is 14.3 Å². The molecule has 0 spiro atoms. The Balaban J connectivity index is 4.22. The minimum atomic E-state index is -1.84. The van der Waals surface area contributed by atoms with Crippen molar-refractivity contribution >= 4 is 58.2 Å². The minimum Gasteiger partial charge on any atom is -0.428 e. The van der Waals surface area contributed by atoms with Crippen molar-refractivity contribution in [1.82, 2.24) is 0 Å². The monoisotopic (exact) mass is 490 g/mol. The molecule has 0 heterocycles. The van der Waals surface area contributed by atoms with Gasteiger partial charge >= 0.3 is 5.97 Å². The maximum Gasteiger partial charge on any atom is 0.315 e. The molecule has 1 unspecified atom stereocenters. The Morgan fingerprint density at radius 2 is 1.17 bits per heavy atom. The van der Waals surface area contributed by atoms with Crippen LogP contribution < -0.4 is 0 Å². The van der Waals surface area contributed by atoms with Crippen LogP contribution in [0.25, 0.3) is 0 Å². The average molecular weight is 492 g/mol. The first-order chi connectivity index (χ1) is 13.6. The molecule has 0 N–H and O–H groups in total. The third kappa shape index (κ3) is 13.3. The summed E-state index contributed by atoms with van der Waals surface area (Å²) in [7, 11) is 0. The maximum atomic E-state index is 12.5.